The van der Waals surface area contributed by atoms with Crippen LogP contribution in [0, 0.1) is 0 Å². The smallest absolute Gasteiger partial charge is 0.332 e. The topological polar surface area (TPSA) is 126 Å². The summed E-state index contributed by atoms with van der Waals surface area (Å²) in [4.78, 5) is 40.6. The maximum atomic E-state index is 12.6. The summed E-state index contributed by atoms with van der Waals surface area (Å²) in [6, 6.07) is 1.37. The molecule has 0 radical (unpaired) electrons. The molecule has 4 N–H and O–H groups in total. The van der Waals surface area contributed by atoms with Gasteiger partial charge in [0.15, 0.2) is 5.65 Å². The molecule has 2 aromatic heterocycles. The lowest BCUT2D eigenvalue weighted by Gasteiger charge is -2.13. The summed E-state index contributed by atoms with van der Waals surface area (Å²) in [5, 5.41) is 0.197. The van der Waals surface area contributed by atoms with E-state index in [4.69, 9.17) is 11.5 Å². The van der Waals surface area contributed by atoms with Crippen molar-refractivity contribution in [1.29, 1.82) is 0 Å². The number of pyridine rings is 1. The van der Waals surface area contributed by atoms with Crippen LogP contribution in [0.15, 0.2) is 15.7 Å². The van der Waals surface area contributed by atoms with Gasteiger partial charge in [-0.15, -0.1) is 0 Å². The van der Waals surface area contributed by atoms with E-state index in [-0.39, 0.29) is 34.1 Å². The van der Waals surface area contributed by atoms with Crippen LogP contribution >= 0.6 is 0 Å². The Morgan fingerprint density at radius 2 is 2.09 bits per heavy atom. The Labute approximate surface area is 125 Å². The molecule has 116 valence electrons. The van der Waals surface area contributed by atoms with Gasteiger partial charge in [0.2, 0.25) is 0 Å². The first kappa shape index (κ1) is 14.3. The summed E-state index contributed by atoms with van der Waals surface area (Å²) in [5.41, 5.74) is 10.4. The molecule has 2 heterocycles. The predicted octanol–water partition coefficient (Wildman–Crippen LogP) is -0.0158. The zero-order valence-corrected chi connectivity index (χ0v) is 12.2. The van der Waals surface area contributed by atoms with Gasteiger partial charge >= 0.3 is 5.69 Å². The monoisotopic (exact) mass is 303 g/mol. The molecule has 0 aromatic carbocycles. The number of nitrogen functional groups attached to an aromatic ring is 1. The number of nitrogens with two attached hydrogens (primary N) is 2. The summed E-state index contributed by atoms with van der Waals surface area (Å²) in [6.45, 7) is 2.20. The molecule has 0 unspecified atom stereocenters. The minimum Gasteiger partial charge on any atom is -0.383 e. The molecule has 0 saturated heterocycles. The van der Waals surface area contributed by atoms with Crippen molar-refractivity contribution in [2.24, 2.45) is 5.73 Å². The number of hydrogen-bond donors (Lipinski definition) is 2. The van der Waals surface area contributed by atoms with Crippen molar-refractivity contribution >= 4 is 22.8 Å². The summed E-state index contributed by atoms with van der Waals surface area (Å²) >= 11 is 0. The third-order valence-corrected chi connectivity index (χ3v) is 3.80. The van der Waals surface area contributed by atoms with E-state index in [0.29, 0.717) is 13.0 Å². The standard InChI is InChI=1S/C14H17N5O3/c1-2-5-18-13(21)9-6-8(11(16)20)10(15)17-12(9)19(14(18)22)7-3-4-7/h6-7H,2-5H2,1H3,(H2,15,17)(H2,16,20). The second kappa shape index (κ2) is 4.97. The van der Waals surface area contributed by atoms with Crippen molar-refractivity contribution in [3.05, 3.63) is 32.5 Å². The molecule has 0 bridgehead atoms. The van der Waals surface area contributed by atoms with E-state index in [9.17, 15) is 14.4 Å². The number of carbonyl (C=O) groups excluding carboxylic acids is 1. The highest BCUT2D eigenvalue weighted by atomic mass is 16.2. The van der Waals surface area contributed by atoms with Gasteiger partial charge in [-0.25, -0.2) is 9.78 Å². The Bertz CT molecular complexity index is 892. The highest BCUT2D eigenvalue weighted by Gasteiger charge is 2.29. The molecule has 0 aliphatic heterocycles. The van der Waals surface area contributed by atoms with E-state index < -0.39 is 11.5 Å². The zero-order valence-electron chi connectivity index (χ0n) is 12.2. The Kier molecular flexibility index (Phi) is 3.23. The van der Waals surface area contributed by atoms with Gasteiger partial charge in [-0.2, -0.15) is 0 Å². The third-order valence-electron chi connectivity index (χ3n) is 3.80. The van der Waals surface area contributed by atoms with E-state index in [1.54, 1.807) is 0 Å². The molecule has 0 atom stereocenters. The third kappa shape index (κ3) is 2.07. The molecule has 1 fully saturated rings. The van der Waals surface area contributed by atoms with Gasteiger partial charge in [0.25, 0.3) is 11.5 Å². The molecule has 1 aliphatic carbocycles. The number of primary amides is 1. The first-order valence-corrected chi connectivity index (χ1v) is 7.21. The molecular weight excluding hydrogens is 286 g/mol. The van der Waals surface area contributed by atoms with Gasteiger partial charge in [0.1, 0.15) is 5.82 Å². The highest BCUT2D eigenvalue weighted by Crippen LogP contribution is 2.35. The summed E-state index contributed by atoms with van der Waals surface area (Å²) < 4.78 is 2.69. The van der Waals surface area contributed by atoms with Crippen LogP contribution in [0.4, 0.5) is 5.82 Å². The van der Waals surface area contributed by atoms with E-state index in [1.165, 1.54) is 15.2 Å². The number of fused-ring (bicyclic) bond motifs is 1. The lowest BCUT2D eigenvalue weighted by Crippen LogP contribution is -2.40. The molecule has 3 rings (SSSR count). The molecule has 1 saturated carbocycles. The van der Waals surface area contributed by atoms with Gasteiger partial charge in [-0.1, -0.05) is 6.92 Å². The fraction of sp³-hybridized carbons (Fsp3) is 0.429. The zero-order chi connectivity index (χ0) is 16.0. The summed E-state index contributed by atoms with van der Waals surface area (Å²) in [5.74, 6) is -0.820. The van der Waals surface area contributed by atoms with Crippen molar-refractivity contribution in [2.75, 3.05) is 5.73 Å². The number of nitrogens with zero attached hydrogens (tertiary/aromatic N) is 3. The van der Waals surface area contributed by atoms with E-state index in [0.717, 1.165) is 12.8 Å². The predicted molar refractivity (Wildman–Crippen MR) is 81.8 cm³/mol. The molecule has 8 heteroatoms. The number of rotatable bonds is 4. The summed E-state index contributed by atoms with van der Waals surface area (Å²) in [6.07, 6.45) is 2.37. The van der Waals surface area contributed by atoms with Crippen molar-refractivity contribution in [3.8, 4) is 0 Å². The van der Waals surface area contributed by atoms with Gasteiger partial charge in [-0.05, 0) is 25.3 Å². The fourth-order valence-electron chi connectivity index (χ4n) is 2.59. The normalized spacial score (nSPS) is 14.4. The lowest BCUT2D eigenvalue weighted by molar-refractivity contribution is 0.100. The van der Waals surface area contributed by atoms with Crippen LogP contribution in [0.1, 0.15) is 42.6 Å². The second-order valence-corrected chi connectivity index (χ2v) is 5.50. The van der Waals surface area contributed by atoms with E-state index in [2.05, 4.69) is 4.98 Å². The van der Waals surface area contributed by atoms with Crippen LogP contribution in [0.5, 0.6) is 0 Å². The molecule has 8 nitrogen and oxygen atoms in total. The Hall–Kier alpha value is -2.64. The second-order valence-electron chi connectivity index (χ2n) is 5.50. The molecule has 1 aliphatic rings. The Balaban J connectivity index is 2.45. The van der Waals surface area contributed by atoms with Crippen LogP contribution in [-0.2, 0) is 6.54 Å². The molecule has 0 spiro atoms. The maximum absolute atomic E-state index is 12.6. The van der Waals surface area contributed by atoms with Crippen LogP contribution in [0.3, 0.4) is 0 Å². The SMILES string of the molecule is CCCn1c(=O)c2cc(C(N)=O)c(N)nc2n(C2CC2)c1=O. The van der Waals surface area contributed by atoms with Crippen molar-refractivity contribution < 1.29 is 4.79 Å². The minimum absolute atomic E-state index is 0.00588. The van der Waals surface area contributed by atoms with Gasteiger partial charge < -0.3 is 11.5 Å². The molecule has 2 aromatic rings. The molecule has 22 heavy (non-hydrogen) atoms. The minimum atomic E-state index is -0.752. The van der Waals surface area contributed by atoms with E-state index >= 15 is 0 Å². The number of carbonyl (C=O) groups is 1. The van der Waals surface area contributed by atoms with Gasteiger partial charge in [0, 0.05) is 12.6 Å². The van der Waals surface area contributed by atoms with Gasteiger partial charge in [0.05, 0.1) is 10.9 Å². The first-order valence-electron chi connectivity index (χ1n) is 7.21. The van der Waals surface area contributed by atoms with Crippen molar-refractivity contribution in [1.82, 2.24) is 14.1 Å². The quantitative estimate of drug-likeness (QED) is 0.821. The average molecular weight is 303 g/mol. The van der Waals surface area contributed by atoms with Crippen LogP contribution < -0.4 is 22.7 Å². The number of hydrogen-bond acceptors (Lipinski definition) is 5. The highest BCUT2D eigenvalue weighted by molar-refractivity contribution is 6.00. The van der Waals surface area contributed by atoms with Crippen molar-refractivity contribution in [2.45, 2.75) is 38.8 Å². The van der Waals surface area contributed by atoms with Crippen molar-refractivity contribution in [3.63, 3.8) is 0 Å². The first-order chi connectivity index (χ1) is 10.5. The Morgan fingerprint density at radius 1 is 1.41 bits per heavy atom. The largest absolute Gasteiger partial charge is 0.383 e. The number of aromatic nitrogens is 3. The van der Waals surface area contributed by atoms with Crippen LogP contribution in [0.2, 0.25) is 0 Å². The van der Waals surface area contributed by atoms with E-state index in [1.807, 2.05) is 6.92 Å². The molecule has 1 amide bonds. The number of anilines is 1. The average Bonchev–Trinajstić information content (AvgIpc) is 3.27. The fourth-order valence-corrected chi connectivity index (χ4v) is 2.59. The number of amides is 1. The lowest BCUT2D eigenvalue weighted by atomic mass is 10.2. The van der Waals surface area contributed by atoms with Gasteiger partial charge in [-0.3, -0.25) is 18.7 Å². The maximum Gasteiger partial charge on any atom is 0.332 e. The summed E-state index contributed by atoms with van der Waals surface area (Å²) in [7, 11) is 0. The Morgan fingerprint density at radius 3 is 2.64 bits per heavy atom. The van der Waals surface area contributed by atoms with Crippen LogP contribution in [-0.4, -0.2) is 20.0 Å². The van der Waals surface area contributed by atoms with Crippen LogP contribution in [0.25, 0.3) is 11.0 Å². The molecular formula is C14H17N5O3.